The van der Waals surface area contributed by atoms with Gasteiger partial charge in [0.15, 0.2) is 0 Å². The van der Waals surface area contributed by atoms with Gasteiger partial charge in [-0.1, -0.05) is 18.3 Å². The lowest BCUT2D eigenvalue weighted by Crippen LogP contribution is -2.12. The summed E-state index contributed by atoms with van der Waals surface area (Å²) in [5, 5.41) is 0. The number of alkyl halides is 2. The van der Waals surface area contributed by atoms with Crippen molar-refractivity contribution in [2.75, 3.05) is 0 Å². The number of hydrogen-bond donors (Lipinski definition) is 1. The smallest absolute Gasteiger partial charge is 0.387 e. The van der Waals surface area contributed by atoms with Crippen LogP contribution in [-0.2, 0) is 6.42 Å². The van der Waals surface area contributed by atoms with Crippen LogP contribution in [0.25, 0.3) is 0 Å². The summed E-state index contributed by atoms with van der Waals surface area (Å²) in [4.78, 5) is 0.136. The molecule has 0 aliphatic carbocycles. The van der Waals surface area contributed by atoms with Gasteiger partial charge in [0.2, 0.25) is 0 Å². The third kappa shape index (κ3) is 3.75. The fourth-order valence-corrected chi connectivity index (χ4v) is 1.19. The Kier molecular flexibility index (Phi) is 3.90. The van der Waals surface area contributed by atoms with Crippen molar-refractivity contribution in [3.05, 3.63) is 29.6 Å². The summed E-state index contributed by atoms with van der Waals surface area (Å²) in [5.41, 5.74) is 5.48. The van der Waals surface area contributed by atoms with E-state index >= 15 is 0 Å². The molecule has 2 nitrogen and oxygen atoms in total. The lowest BCUT2D eigenvalue weighted by Gasteiger charge is -2.06. The third-order valence-electron chi connectivity index (χ3n) is 1.61. The van der Waals surface area contributed by atoms with Gasteiger partial charge in [-0.25, -0.2) is 4.39 Å². The third-order valence-corrected chi connectivity index (χ3v) is 1.76. The van der Waals surface area contributed by atoms with E-state index in [-0.39, 0.29) is 22.7 Å². The fourth-order valence-electron chi connectivity index (χ4n) is 1.04. The molecule has 0 saturated carbocycles. The summed E-state index contributed by atoms with van der Waals surface area (Å²) in [7, 11) is 0. The Morgan fingerprint density at radius 3 is 2.60 bits per heavy atom. The highest BCUT2D eigenvalue weighted by molar-refractivity contribution is 7.80. The van der Waals surface area contributed by atoms with Gasteiger partial charge in [-0.05, 0) is 11.6 Å². The van der Waals surface area contributed by atoms with Gasteiger partial charge in [0, 0.05) is 12.5 Å². The second-order valence-corrected chi connectivity index (χ2v) is 3.30. The van der Waals surface area contributed by atoms with E-state index in [1.165, 1.54) is 12.1 Å². The van der Waals surface area contributed by atoms with Crippen molar-refractivity contribution < 1.29 is 17.9 Å². The number of nitrogens with two attached hydrogens (primary N) is 1. The molecule has 0 heterocycles. The van der Waals surface area contributed by atoms with E-state index in [1.807, 2.05) is 0 Å². The number of halogens is 3. The van der Waals surface area contributed by atoms with E-state index in [1.54, 1.807) is 0 Å². The maximum absolute atomic E-state index is 13.2. The minimum atomic E-state index is -2.97. The molecule has 0 atom stereocenters. The minimum Gasteiger partial charge on any atom is -0.435 e. The maximum atomic E-state index is 13.2. The molecule has 82 valence electrons. The molecule has 0 amide bonds. The Morgan fingerprint density at radius 1 is 1.47 bits per heavy atom. The van der Waals surface area contributed by atoms with E-state index < -0.39 is 12.4 Å². The van der Waals surface area contributed by atoms with Gasteiger partial charge in [-0.15, -0.1) is 0 Å². The van der Waals surface area contributed by atoms with Crippen LogP contribution in [0.4, 0.5) is 13.2 Å². The first-order chi connectivity index (χ1) is 6.99. The fraction of sp³-hybridized carbons (Fsp3) is 0.222. The molecular weight excluding hydrogens is 227 g/mol. The van der Waals surface area contributed by atoms with Gasteiger partial charge in [0.1, 0.15) is 11.6 Å². The summed E-state index contributed by atoms with van der Waals surface area (Å²) in [6, 6.07) is 3.43. The molecule has 0 bridgehead atoms. The Hall–Kier alpha value is -1.30. The van der Waals surface area contributed by atoms with Crippen LogP contribution in [0, 0.1) is 5.82 Å². The first kappa shape index (κ1) is 11.8. The molecule has 1 aromatic rings. The summed E-state index contributed by atoms with van der Waals surface area (Å²) < 4.78 is 40.8. The molecule has 1 aromatic carbocycles. The average molecular weight is 235 g/mol. The van der Waals surface area contributed by atoms with Crippen molar-refractivity contribution in [1.29, 1.82) is 0 Å². The molecule has 0 aliphatic rings. The number of rotatable bonds is 4. The predicted molar refractivity (Wildman–Crippen MR) is 53.5 cm³/mol. The van der Waals surface area contributed by atoms with Gasteiger partial charge in [0.05, 0.1) is 4.99 Å². The van der Waals surface area contributed by atoms with Gasteiger partial charge >= 0.3 is 6.61 Å². The van der Waals surface area contributed by atoms with Crippen LogP contribution in [-0.4, -0.2) is 11.6 Å². The van der Waals surface area contributed by atoms with Crippen LogP contribution in [0.5, 0.6) is 5.75 Å². The largest absolute Gasteiger partial charge is 0.435 e. The molecule has 0 unspecified atom stereocenters. The molecule has 0 fully saturated rings. The second kappa shape index (κ2) is 4.97. The van der Waals surface area contributed by atoms with Crippen molar-refractivity contribution >= 4 is 17.2 Å². The molecular formula is C9H8F3NOS. The number of thiocarbonyl (C=S) groups is 1. The molecule has 1 rings (SSSR count). The lowest BCUT2D eigenvalue weighted by molar-refractivity contribution is -0.0500. The summed E-state index contributed by atoms with van der Waals surface area (Å²) in [6.07, 6.45) is 0.0934. The predicted octanol–water partition coefficient (Wildman–Crippen LogP) is 2.26. The van der Waals surface area contributed by atoms with Gasteiger partial charge in [0.25, 0.3) is 0 Å². The van der Waals surface area contributed by atoms with E-state index in [4.69, 9.17) is 5.73 Å². The Labute approximate surface area is 89.8 Å². The van der Waals surface area contributed by atoms with Crippen LogP contribution in [0.2, 0.25) is 0 Å². The highest BCUT2D eigenvalue weighted by atomic mass is 32.1. The van der Waals surface area contributed by atoms with Crippen LogP contribution in [0.15, 0.2) is 18.2 Å². The topological polar surface area (TPSA) is 35.2 Å². The van der Waals surface area contributed by atoms with Crippen molar-refractivity contribution in [2.45, 2.75) is 13.0 Å². The molecule has 0 saturated heterocycles. The first-order valence-corrected chi connectivity index (χ1v) is 4.41. The standard InChI is InChI=1S/C9H8F3NOS/c10-7-4-6(14-9(11)12)2-1-5(7)3-8(13)15/h1-2,4,9H,3H2,(H2,13,15). The van der Waals surface area contributed by atoms with Crippen LogP contribution in [0.1, 0.15) is 5.56 Å². The van der Waals surface area contributed by atoms with Crippen LogP contribution < -0.4 is 10.5 Å². The SMILES string of the molecule is NC(=S)Cc1ccc(OC(F)F)cc1F. The number of benzene rings is 1. The molecule has 15 heavy (non-hydrogen) atoms. The quantitative estimate of drug-likeness (QED) is 0.813. The Balaban J connectivity index is 2.83. The van der Waals surface area contributed by atoms with Gasteiger partial charge in [-0.2, -0.15) is 8.78 Å². The number of ether oxygens (including phenoxy) is 1. The molecule has 2 N–H and O–H groups in total. The summed E-state index contributed by atoms with van der Waals surface area (Å²) >= 11 is 4.60. The lowest BCUT2D eigenvalue weighted by atomic mass is 10.1. The van der Waals surface area contributed by atoms with Crippen LogP contribution >= 0.6 is 12.2 Å². The molecule has 6 heteroatoms. The monoisotopic (exact) mass is 235 g/mol. The normalized spacial score (nSPS) is 10.4. The molecule has 0 aliphatic heterocycles. The highest BCUT2D eigenvalue weighted by Gasteiger charge is 2.08. The number of hydrogen-bond acceptors (Lipinski definition) is 2. The van der Waals surface area contributed by atoms with Crippen LogP contribution in [0.3, 0.4) is 0 Å². The Bertz CT molecular complexity index is 370. The Morgan fingerprint density at radius 2 is 2.13 bits per heavy atom. The maximum Gasteiger partial charge on any atom is 0.387 e. The van der Waals surface area contributed by atoms with Gasteiger partial charge in [-0.3, -0.25) is 0 Å². The molecule has 0 radical (unpaired) electrons. The average Bonchev–Trinajstić information content (AvgIpc) is 2.08. The van der Waals surface area contributed by atoms with Crippen molar-refractivity contribution in [1.82, 2.24) is 0 Å². The van der Waals surface area contributed by atoms with Crippen molar-refractivity contribution in [2.24, 2.45) is 5.73 Å². The minimum absolute atomic E-state index is 0.0934. The van der Waals surface area contributed by atoms with E-state index in [2.05, 4.69) is 17.0 Å². The zero-order chi connectivity index (χ0) is 11.4. The summed E-state index contributed by atoms with van der Waals surface area (Å²) in [6.45, 7) is -2.97. The van der Waals surface area contributed by atoms with Gasteiger partial charge < -0.3 is 10.5 Å². The molecule has 0 spiro atoms. The molecule has 0 aromatic heterocycles. The second-order valence-electron chi connectivity index (χ2n) is 2.77. The van der Waals surface area contributed by atoms with Crippen molar-refractivity contribution in [3.8, 4) is 5.75 Å². The zero-order valence-electron chi connectivity index (χ0n) is 7.54. The van der Waals surface area contributed by atoms with E-state index in [0.29, 0.717) is 0 Å². The van der Waals surface area contributed by atoms with E-state index in [0.717, 1.165) is 6.07 Å². The first-order valence-electron chi connectivity index (χ1n) is 4.00. The van der Waals surface area contributed by atoms with E-state index in [9.17, 15) is 13.2 Å². The highest BCUT2D eigenvalue weighted by Crippen LogP contribution is 2.18. The van der Waals surface area contributed by atoms with Crippen molar-refractivity contribution in [3.63, 3.8) is 0 Å². The zero-order valence-corrected chi connectivity index (χ0v) is 8.36. The summed E-state index contributed by atoms with van der Waals surface area (Å²) in [5.74, 6) is -0.893.